The van der Waals surface area contributed by atoms with Crippen molar-refractivity contribution in [3.8, 4) is 11.3 Å². The molecule has 6 heteroatoms. The van der Waals surface area contributed by atoms with E-state index >= 15 is 0 Å². The molecule has 0 radical (unpaired) electrons. The van der Waals surface area contributed by atoms with Gasteiger partial charge in [-0.25, -0.2) is 9.50 Å². The van der Waals surface area contributed by atoms with Crippen LogP contribution in [0.3, 0.4) is 0 Å². The minimum atomic E-state index is 0.468. The maximum atomic E-state index is 5.65. The summed E-state index contributed by atoms with van der Waals surface area (Å²) in [7, 11) is 1.87. The molecule has 16 heavy (non-hydrogen) atoms. The summed E-state index contributed by atoms with van der Waals surface area (Å²) in [5.74, 6) is 0.468. The highest BCUT2D eigenvalue weighted by Crippen LogP contribution is 2.19. The van der Waals surface area contributed by atoms with Crippen molar-refractivity contribution in [2.75, 3.05) is 5.73 Å². The number of nitrogens with two attached hydrogens (primary N) is 1. The Morgan fingerprint density at radius 2 is 2.12 bits per heavy atom. The summed E-state index contributed by atoms with van der Waals surface area (Å²) >= 11 is 0. The first kappa shape index (κ1) is 8.90. The molecule has 0 saturated carbocycles. The molecule has 0 aromatic carbocycles. The number of nitrogen functional groups attached to an aromatic ring is 1. The fourth-order valence-electron chi connectivity index (χ4n) is 1.64. The van der Waals surface area contributed by atoms with E-state index < -0.39 is 0 Å². The first-order chi connectivity index (χ1) is 7.74. The number of aryl methyl sites for hydroxylation is 1. The molecule has 0 amide bonds. The third kappa shape index (κ3) is 1.23. The third-order valence-electron chi connectivity index (χ3n) is 2.38. The number of hydrogen-bond donors (Lipinski definition) is 1. The Labute approximate surface area is 91.3 Å². The van der Waals surface area contributed by atoms with Gasteiger partial charge in [-0.1, -0.05) is 0 Å². The van der Waals surface area contributed by atoms with E-state index in [0.717, 1.165) is 16.9 Å². The lowest BCUT2D eigenvalue weighted by atomic mass is 10.3. The van der Waals surface area contributed by atoms with E-state index in [9.17, 15) is 0 Å². The third-order valence-corrected chi connectivity index (χ3v) is 2.38. The van der Waals surface area contributed by atoms with Crippen molar-refractivity contribution in [3.05, 3.63) is 30.7 Å². The van der Waals surface area contributed by atoms with E-state index in [0.29, 0.717) is 5.82 Å². The molecule has 0 spiro atoms. The van der Waals surface area contributed by atoms with Crippen LogP contribution < -0.4 is 5.73 Å². The van der Waals surface area contributed by atoms with Gasteiger partial charge in [0.1, 0.15) is 5.82 Å². The highest BCUT2D eigenvalue weighted by molar-refractivity contribution is 5.61. The van der Waals surface area contributed by atoms with Gasteiger partial charge in [-0.05, 0) is 12.1 Å². The van der Waals surface area contributed by atoms with Crippen molar-refractivity contribution in [1.29, 1.82) is 0 Å². The van der Waals surface area contributed by atoms with Crippen LogP contribution in [0.25, 0.3) is 16.9 Å². The van der Waals surface area contributed by atoms with E-state index in [2.05, 4.69) is 15.2 Å². The van der Waals surface area contributed by atoms with Crippen molar-refractivity contribution in [3.63, 3.8) is 0 Å². The second kappa shape index (κ2) is 3.06. The zero-order valence-electron chi connectivity index (χ0n) is 8.70. The van der Waals surface area contributed by atoms with Crippen molar-refractivity contribution in [2.24, 2.45) is 7.05 Å². The van der Waals surface area contributed by atoms with E-state index in [1.54, 1.807) is 27.7 Å². The molecule has 80 valence electrons. The molecule has 6 nitrogen and oxygen atoms in total. The van der Waals surface area contributed by atoms with Gasteiger partial charge in [-0.15, -0.1) is 5.10 Å². The molecule has 3 aromatic rings. The van der Waals surface area contributed by atoms with E-state index in [4.69, 9.17) is 5.73 Å². The second-order valence-electron chi connectivity index (χ2n) is 3.57. The molecular weight excluding hydrogens is 204 g/mol. The molecule has 0 atom stereocenters. The number of fused-ring (bicyclic) bond motifs is 1. The number of anilines is 1. The largest absolute Gasteiger partial charge is 0.382 e. The summed E-state index contributed by atoms with van der Waals surface area (Å²) in [6, 6.07) is 3.57. The molecule has 3 rings (SSSR count). The molecule has 0 saturated heterocycles. The van der Waals surface area contributed by atoms with Crippen LogP contribution in [-0.4, -0.2) is 24.4 Å². The molecule has 0 aliphatic heterocycles. The smallest absolute Gasteiger partial charge is 0.154 e. The first-order valence-electron chi connectivity index (χ1n) is 4.83. The molecule has 3 aromatic heterocycles. The Morgan fingerprint density at radius 1 is 1.25 bits per heavy atom. The summed E-state index contributed by atoms with van der Waals surface area (Å²) in [5.41, 5.74) is 8.28. The van der Waals surface area contributed by atoms with E-state index in [1.165, 1.54) is 0 Å². The van der Waals surface area contributed by atoms with Crippen LogP contribution in [-0.2, 0) is 7.05 Å². The Bertz CT molecular complexity index is 650. The van der Waals surface area contributed by atoms with E-state index in [-0.39, 0.29) is 0 Å². The number of hydrogen-bond acceptors (Lipinski definition) is 4. The van der Waals surface area contributed by atoms with Gasteiger partial charge in [-0.3, -0.25) is 4.68 Å². The standard InChI is InChI=1S/C10H10N6/c1-15-6-7(4-13-15)8-5-12-10-3-2-9(11)14-16(8)10/h2-6H,1H3,(H2,11,14). The van der Waals surface area contributed by atoms with Crippen LogP contribution in [0.1, 0.15) is 0 Å². The quantitative estimate of drug-likeness (QED) is 0.647. The van der Waals surface area contributed by atoms with Crippen molar-refractivity contribution in [2.45, 2.75) is 0 Å². The van der Waals surface area contributed by atoms with Gasteiger partial charge < -0.3 is 5.73 Å². The van der Waals surface area contributed by atoms with Crippen LogP contribution >= 0.6 is 0 Å². The molecule has 0 bridgehead atoms. The van der Waals surface area contributed by atoms with Crippen LogP contribution in [0.5, 0.6) is 0 Å². The van der Waals surface area contributed by atoms with Gasteiger partial charge in [-0.2, -0.15) is 5.10 Å². The molecule has 2 N–H and O–H groups in total. The maximum Gasteiger partial charge on any atom is 0.154 e. The SMILES string of the molecule is Cn1cc(-c2cnc3ccc(N)nn23)cn1. The molecule has 3 heterocycles. The zero-order chi connectivity index (χ0) is 11.1. The summed E-state index contributed by atoms with van der Waals surface area (Å²) in [4.78, 5) is 4.25. The summed E-state index contributed by atoms with van der Waals surface area (Å²) in [6.45, 7) is 0. The van der Waals surface area contributed by atoms with Crippen LogP contribution in [0.4, 0.5) is 5.82 Å². The molecule has 0 unspecified atom stereocenters. The van der Waals surface area contributed by atoms with Gasteiger partial charge >= 0.3 is 0 Å². The maximum absolute atomic E-state index is 5.65. The summed E-state index contributed by atoms with van der Waals surface area (Å²) < 4.78 is 3.45. The van der Waals surface area contributed by atoms with Gasteiger partial charge in [0.05, 0.1) is 18.1 Å². The fraction of sp³-hybridized carbons (Fsp3) is 0.100. The topological polar surface area (TPSA) is 74.0 Å². The molecular formula is C10H10N6. The van der Waals surface area contributed by atoms with E-state index in [1.807, 2.05) is 19.3 Å². The molecule has 0 fully saturated rings. The summed E-state index contributed by atoms with van der Waals surface area (Å²) in [6.07, 6.45) is 5.45. The van der Waals surface area contributed by atoms with Crippen molar-refractivity contribution >= 4 is 11.5 Å². The number of rotatable bonds is 1. The number of aromatic nitrogens is 5. The average Bonchev–Trinajstić information content (AvgIpc) is 2.83. The van der Waals surface area contributed by atoms with Crippen LogP contribution in [0.2, 0.25) is 0 Å². The minimum Gasteiger partial charge on any atom is -0.382 e. The van der Waals surface area contributed by atoms with Crippen molar-refractivity contribution < 1.29 is 0 Å². The number of nitrogens with zero attached hydrogens (tertiary/aromatic N) is 5. The lowest BCUT2D eigenvalue weighted by Gasteiger charge is -1.98. The Morgan fingerprint density at radius 3 is 2.88 bits per heavy atom. The molecule has 0 aliphatic carbocycles. The second-order valence-corrected chi connectivity index (χ2v) is 3.57. The van der Waals surface area contributed by atoms with Gasteiger partial charge in [0.25, 0.3) is 0 Å². The Hall–Kier alpha value is -2.37. The monoisotopic (exact) mass is 214 g/mol. The Kier molecular flexibility index (Phi) is 1.70. The van der Waals surface area contributed by atoms with Crippen LogP contribution in [0, 0.1) is 0 Å². The minimum absolute atomic E-state index is 0.468. The van der Waals surface area contributed by atoms with Gasteiger partial charge in [0.2, 0.25) is 0 Å². The van der Waals surface area contributed by atoms with Crippen molar-refractivity contribution in [1.82, 2.24) is 24.4 Å². The first-order valence-corrected chi connectivity index (χ1v) is 4.83. The molecule has 0 aliphatic rings. The Balaban J connectivity index is 2.27. The van der Waals surface area contributed by atoms with Gasteiger partial charge in [0, 0.05) is 18.8 Å². The highest BCUT2D eigenvalue weighted by Gasteiger charge is 2.08. The normalized spacial score (nSPS) is 11.1. The zero-order valence-corrected chi connectivity index (χ0v) is 8.70. The summed E-state index contributed by atoms with van der Waals surface area (Å²) in [5, 5.41) is 8.33. The fourth-order valence-corrected chi connectivity index (χ4v) is 1.64. The lowest BCUT2D eigenvalue weighted by molar-refractivity contribution is 0.768. The highest BCUT2D eigenvalue weighted by atomic mass is 15.3. The predicted octanol–water partition coefficient (Wildman–Crippen LogP) is 0.712. The van der Waals surface area contributed by atoms with Crippen LogP contribution in [0.15, 0.2) is 30.7 Å². The van der Waals surface area contributed by atoms with Gasteiger partial charge in [0.15, 0.2) is 5.65 Å². The average molecular weight is 214 g/mol. The predicted molar refractivity (Wildman–Crippen MR) is 59.6 cm³/mol. The number of imidazole rings is 1. The lowest BCUT2D eigenvalue weighted by Crippen LogP contribution is -1.98.